The highest BCUT2D eigenvalue weighted by atomic mass is 15.0. The molecule has 0 saturated heterocycles. The maximum Gasteiger partial charge on any atom is 0.137 e. The van der Waals surface area contributed by atoms with Crippen LogP contribution in [0.3, 0.4) is 0 Å². The first kappa shape index (κ1) is 15.1. The first-order valence-corrected chi connectivity index (χ1v) is 8.20. The van der Waals surface area contributed by atoms with Gasteiger partial charge in [0.2, 0.25) is 0 Å². The van der Waals surface area contributed by atoms with E-state index >= 15 is 0 Å². The molecule has 4 heteroatoms. The van der Waals surface area contributed by atoms with Crippen molar-refractivity contribution in [2.75, 3.05) is 11.9 Å². The number of nitriles is 1. The summed E-state index contributed by atoms with van der Waals surface area (Å²) in [7, 11) is 0. The van der Waals surface area contributed by atoms with Crippen molar-refractivity contribution in [1.29, 1.82) is 5.26 Å². The Bertz CT molecular complexity index is 1100. The fourth-order valence-electron chi connectivity index (χ4n) is 2.99. The van der Waals surface area contributed by atoms with Crippen LogP contribution in [0.2, 0.25) is 0 Å². The average Bonchev–Trinajstić information content (AvgIpc) is 2.67. The molecule has 0 bridgehead atoms. The summed E-state index contributed by atoms with van der Waals surface area (Å²) in [5, 5.41) is 15.8. The smallest absolute Gasteiger partial charge is 0.137 e. The summed E-state index contributed by atoms with van der Waals surface area (Å²) in [5.41, 5.74) is 2.73. The molecule has 4 nitrogen and oxygen atoms in total. The Morgan fingerprint density at radius 3 is 2.68 bits per heavy atom. The molecule has 0 aliphatic carbocycles. The van der Waals surface area contributed by atoms with Gasteiger partial charge >= 0.3 is 0 Å². The number of benzene rings is 3. The van der Waals surface area contributed by atoms with E-state index in [1.807, 2.05) is 12.1 Å². The van der Waals surface area contributed by atoms with Gasteiger partial charge in [0.05, 0.1) is 17.1 Å². The number of anilines is 1. The van der Waals surface area contributed by atoms with Crippen molar-refractivity contribution in [1.82, 2.24) is 9.97 Å². The normalized spacial score (nSPS) is 10.7. The molecule has 0 saturated carbocycles. The van der Waals surface area contributed by atoms with E-state index in [-0.39, 0.29) is 0 Å². The molecule has 1 N–H and O–H groups in total. The fourth-order valence-corrected chi connectivity index (χ4v) is 2.99. The van der Waals surface area contributed by atoms with Crippen molar-refractivity contribution in [3.8, 4) is 6.07 Å². The van der Waals surface area contributed by atoms with Crippen LogP contribution >= 0.6 is 0 Å². The van der Waals surface area contributed by atoms with E-state index in [1.165, 1.54) is 16.3 Å². The molecule has 0 radical (unpaired) electrons. The van der Waals surface area contributed by atoms with Crippen LogP contribution in [0, 0.1) is 11.3 Å². The van der Waals surface area contributed by atoms with Crippen LogP contribution in [0.5, 0.6) is 0 Å². The molecule has 120 valence electrons. The lowest BCUT2D eigenvalue weighted by atomic mass is 10.1. The quantitative estimate of drug-likeness (QED) is 0.607. The largest absolute Gasteiger partial charge is 0.369 e. The summed E-state index contributed by atoms with van der Waals surface area (Å²) in [4.78, 5) is 8.59. The molecule has 1 heterocycles. The third kappa shape index (κ3) is 3.13. The predicted octanol–water partition coefficient (Wildman–Crippen LogP) is 4.31. The topological polar surface area (TPSA) is 61.6 Å². The number of nitrogens with one attached hydrogen (secondary N) is 1. The monoisotopic (exact) mass is 324 g/mol. The molecule has 4 aromatic rings. The van der Waals surface area contributed by atoms with E-state index in [1.54, 1.807) is 12.4 Å². The maximum atomic E-state index is 9.09. The molecular formula is C21H16N4. The van der Waals surface area contributed by atoms with Crippen molar-refractivity contribution in [2.24, 2.45) is 0 Å². The second-order valence-electron chi connectivity index (χ2n) is 5.92. The van der Waals surface area contributed by atoms with Gasteiger partial charge in [0.25, 0.3) is 0 Å². The van der Waals surface area contributed by atoms with Crippen molar-refractivity contribution in [3.63, 3.8) is 0 Å². The lowest BCUT2D eigenvalue weighted by molar-refractivity contribution is 1.01. The highest BCUT2D eigenvalue weighted by molar-refractivity contribution is 5.89. The van der Waals surface area contributed by atoms with Gasteiger partial charge in [-0.25, -0.2) is 9.97 Å². The van der Waals surface area contributed by atoms with Gasteiger partial charge in [-0.1, -0.05) is 42.5 Å². The zero-order valence-electron chi connectivity index (χ0n) is 13.6. The fraction of sp³-hybridized carbons (Fsp3) is 0.0952. The molecule has 4 rings (SSSR count). The van der Waals surface area contributed by atoms with Gasteiger partial charge in [0.15, 0.2) is 0 Å². The van der Waals surface area contributed by atoms with E-state index < -0.39 is 0 Å². The van der Waals surface area contributed by atoms with Gasteiger partial charge in [-0.3, -0.25) is 0 Å². The molecule has 0 unspecified atom stereocenters. The van der Waals surface area contributed by atoms with E-state index in [0.717, 1.165) is 29.7 Å². The number of rotatable bonds is 4. The molecule has 0 amide bonds. The Labute approximate surface area is 145 Å². The first-order valence-electron chi connectivity index (χ1n) is 8.20. The van der Waals surface area contributed by atoms with Crippen LogP contribution in [0.15, 0.2) is 67.0 Å². The lowest BCUT2D eigenvalue weighted by Gasteiger charge is -2.09. The number of hydrogen-bond acceptors (Lipinski definition) is 4. The predicted molar refractivity (Wildman–Crippen MR) is 100 cm³/mol. The maximum absolute atomic E-state index is 9.09. The second kappa shape index (κ2) is 6.58. The zero-order chi connectivity index (χ0) is 17.1. The van der Waals surface area contributed by atoms with Gasteiger partial charge in [0.1, 0.15) is 12.1 Å². The van der Waals surface area contributed by atoms with Gasteiger partial charge in [0, 0.05) is 11.9 Å². The Balaban J connectivity index is 1.53. The van der Waals surface area contributed by atoms with E-state index in [0.29, 0.717) is 5.56 Å². The number of aromatic nitrogens is 2. The molecule has 0 atom stereocenters. The summed E-state index contributed by atoms with van der Waals surface area (Å²) in [6.45, 7) is 0.765. The van der Waals surface area contributed by atoms with Gasteiger partial charge in [-0.05, 0) is 41.0 Å². The van der Waals surface area contributed by atoms with Crippen molar-refractivity contribution < 1.29 is 0 Å². The van der Waals surface area contributed by atoms with Crippen LogP contribution in [0.1, 0.15) is 11.1 Å². The number of fused-ring (bicyclic) bond motifs is 2. The molecule has 1 aromatic heterocycles. The first-order chi connectivity index (χ1) is 12.3. The summed E-state index contributed by atoms with van der Waals surface area (Å²) in [5.74, 6) is 0.767. The molecule has 0 aliphatic rings. The van der Waals surface area contributed by atoms with Crippen LogP contribution in [0.25, 0.3) is 21.7 Å². The van der Waals surface area contributed by atoms with Gasteiger partial charge in [-0.15, -0.1) is 0 Å². The third-order valence-corrected chi connectivity index (χ3v) is 4.28. The summed E-state index contributed by atoms with van der Waals surface area (Å²) in [6, 6.07) is 22.5. The van der Waals surface area contributed by atoms with Crippen molar-refractivity contribution >= 4 is 27.5 Å². The molecule has 0 spiro atoms. The van der Waals surface area contributed by atoms with Crippen LogP contribution in [-0.4, -0.2) is 16.5 Å². The molecule has 0 fully saturated rings. The van der Waals surface area contributed by atoms with E-state index in [4.69, 9.17) is 5.26 Å². The standard InChI is InChI=1S/C21H16N4/c22-13-16-6-8-20-19(12-16)21(25-14-24-20)23-10-9-15-5-7-17-3-1-2-4-18(17)11-15/h1-8,11-12,14H,9-10H2,(H,23,24,25). The summed E-state index contributed by atoms with van der Waals surface area (Å²) >= 11 is 0. The third-order valence-electron chi connectivity index (χ3n) is 4.28. The highest BCUT2D eigenvalue weighted by Crippen LogP contribution is 2.21. The minimum atomic E-state index is 0.611. The average molecular weight is 324 g/mol. The SMILES string of the molecule is N#Cc1ccc2ncnc(NCCc3ccc4ccccc4c3)c2c1. The zero-order valence-corrected chi connectivity index (χ0v) is 13.6. The van der Waals surface area contributed by atoms with Gasteiger partial charge in [-0.2, -0.15) is 5.26 Å². The molecule has 0 aliphatic heterocycles. The second-order valence-corrected chi connectivity index (χ2v) is 5.92. The van der Waals surface area contributed by atoms with Crippen LogP contribution in [-0.2, 0) is 6.42 Å². The van der Waals surface area contributed by atoms with Crippen LogP contribution < -0.4 is 5.32 Å². The molecular weight excluding hydrogens is 308 g/mol. The van der Waals surface area contributed by atoms with Crippen molar-refractivity contribution in [2.45, 2.75) is 6.42 Å². The van der Waals surface area contributed by atoms with Gasteiger partial charge < -0.3 is 5.32 Å². The number of hydrogen-bond donors (Lipinski definition) is 1. The Morgan fingerprint density at radius 1 is 0.920 bits per heavy atom. The molecule has 3 aromatic carbocycles. The Hall–Kier alpha value is -3.45. The minimum Gasteiger partial charge on any atom is -0.369 e. The minimum absolute atomic E-state index is 0.611. The number of nitrogens with zero attached hydrogens (tertiary/aromatic N) is 3. The van der Waals surface area contributed by atoms with E-state index in [2.05, 4.69) is 63.8 Å². The lowest BCUT2D eigenvalue weighted by Crippen LogP contribution is -2.07. The Kier molecular flexibility index (Phi) is 3.97. The van der Waals surface area contributed by atoms with Crippen molar-refractivity contribution in [3.05, 3.63) is 78.1 Å². The van der Waals surface area contributed by atoms with Crippen LogP contribution in [0.4, 0.5) is 5.82 Å². The molecule has 25 heavy (non-hydrogen) atoms. The highest BCUT2D eigenvalue weighted by Gasteiger charge is 2.05. The van der Waals surface area contributed by atoms with E-state index in [9.17, 15) is 0 Å². The Morgan fingerprint density at radius 2 is 1.80 bits per heavy atom. The summed E-state index contributed by atoms with van der Waals surface area (Å²) < 4.78 is 0. The summed E-state index contributed by atoms with van der Waals surface area (Å²) in [6.07, 6.45) is 2.45.